The second-order valence-electron chi connectivity index (χ2n) is 10.9. The van der Waals surface area contributed by atoms with Gasteiger partial charge in [0.25, 0.3) is 0 Å². The zero-order valence-electron chi connectivity index (χ0n) is 20.0. The van der Waals surface area contributed by atoms with Gasteiger partial charge in [-0.3, -0.25) is 14.4 Å². The average Bonchev–Trinajstić information content (AvgIpc) is 3.05. The Balaban J connectivity index is 1.74. The molecule has 4 aliphatic rings. The van der Waals surface area contributed by atoms with E-state index in [4.69, 9.17) is 9.47 Å². The van der Waals surface area contributed by atoms with Gasteiger partial charge in [-0.05, 0) is 55.6 Å². The number of fused-ring (bicyclic) bond motifs is 5. The van der Waals surface area contributed by atoms with E-state index in [1.165, 1.54) is 7.11 Å². The molecule has 0 unspecified atom stereocenters. The summed E-state index contributed by atoms with van der Waals surface area (Å²) in [7, 11) is 1.49. The first-order chi connectivity index (χ1) is 15.5. The van der Waals surface area contributed by atoms with Crippen LogP contribution in [0.15, 0.2) is 23.8 Å². The van der Waals surface area contributed by atoms with Gasteiger partial charge in [0.05, 0.1) is 19.1 Å². The molecule has 0 amide bonds. The number of ether oxygens (including phenoxy) is 2. The molecule has 0 aromatic carbocycles. The molecule has 0 aliphatic heterocycles. The van der Waals surface area contributed by atoms with E-state index in [2.05, 4.69) is 13.8 Å². The maximum Gasteiger partial charge on any atom is 0.309 e. The van der Waals surface area contributed by atoms with Crippen molar-refractivity contribution < 1.29 is 34.1 Å². The summed E-state index contributed by atoms with van der Waals surface area (Å²) in [6.45, 7) is 5.64. The van der Waals surface area contributed by atoms with Gasteiger partial charge in [0.2, 0.25) is 5.78 Å². The standard InChI is InChI=1S/C26H36O7/c1-15-11-17-18-6-9-26(21(30)14-27,33-22(31)7-10-32-4)25(18,3)13-20(29)23(17)24(2)8-5-16(28)12-19(15)24/h5,8,12,15,17-18,20,23,27,29H,6-7,9-11,13-14H2,1-4H3/t15-,17-,18-,20-,23+,24-,25-,26-/m0/s1. The van der Waals surface area contributed by atoms with E-state index in [9.17, 15) is 24.6 Å². The molecule has 0 aromatic rings. The lowest BCUT2D eigenvalue weighted by Crippen LogP contribution is -2.63. The summed E-state index contributed by atoms with van der Waals surface area (Å²) in [5.41, 5.74) is -1.61. The molecule has 0 bridgehead atoms. The summed E-state index contributed by atoms with van der Waals surface area (Å²) in [6, 6.07) is 0. The van der Waals surface area contributed by atoms with Crippen molar-refractivity contribution in [2.75, 3.05) is 20.3 Å². The number of rotatable bonds is 6. The third-order valence-corrected chi connectivity index (χ3v) is 9.33. The van der Waals surface area contributed by atoms with Crippen molar-refractivity contribution in [3.05, 3.63) is 23.8 Å². The molecule has 2 N–H and O–H groups in total. The highest BCUT2D eigenvalue weighted by molar-refractivity contribution is 6.01. The first-order valence-corrected chi connectivity index (χ1v) is 12.0. The van der Waals surface area contributed by atoms with Crippen molar-refractivity contribution in [2.24, 2.45) is 34.5 Å². The number of aliphatic hydroxyl groups excluding tert-OH is 2. The Morgan fingerprint density at radius 2 is 2.00 bits per heavy atom. The summed E-state index contributed by atoms with van der Waals surface area (Å²) in [5, 5.41) is 21.4. The number of carbonyl (C=O) groups excluding carboxylic acids is 3. The molecule has 0 spiro atoms. The van der Waals surface area contributed by atoms with E-state index in [1.807, 2.05) is 13.0 Å². The van der Waals surface area contributed by atoms with Crippen LogP contribution in [0.1, 0.15) is 52.9 Å². The van der Waals surface area contributed by atoms with Gasteiger partial charge in [-0.25, -0.2) is 0 Å². The van der Waals surface area contributed by atoms with Gasteiger partial charge >= 0.3 is 5.97 Å². The summed E-state index contributed by atoms with van der Waals surface area (Å²) in [4.78, 5) is 37.9. The van der Waals surface area contributed by atoms with Crippen LogP contribution in [0.2, 0.25) is 0 Å². The largest absolute Gasteiger partial charge is 0.450 e. The number of methoxy groups -OCH3 is 1. The molecular formula is C26H36O7. The molecule has 0 radical (unpaired) electrons. The highest BCUT2D eigenvalue weighted by atomic mass is 16.6. The number of Topliss-reactive ketones (excluding diaryl/α,β-unsaturated/α-hetero) is 1. The summed E-state index contributed by atoms with van der Waals surface area (Å²) < 4.78 is 10.9. The number of aliphatic hydroxyl groups is 2. The minimum Gasteiger partial charge on any atom is -0.450 e. The maximum atomic E-state index is 13.2. The van der Waals surface area contributed by atoms with E-state index in [1.54, 1.807) is 12.2 Å². The zero-order chi connectivity index (χ0) is 24.2. The molecule has 7 nitrogen and oxygen atoms in total. The SMILES string of the molecule is COCCC(=O)O[C@]1(C(=O)CO)CC[C@H]2[C@@H]3C[C@H](C)C4=CC(=O)C=C[C@]4(C)[C@H]3[C@@H](O)C[C@@]21C. The molecular weight excluding hydrogens is 424 g/mol. The van der Waals surface area contributed by atoms with Gasteiger partial charge in [-0.1, -0.05) is 32.4 Å². The van der Waals surface area contributed by atoms with Crippen LogP contribution in [0, 0.1) is 34.5 Å². The van der Waals surface area contributed by atoms with Gasteiger partial charge in [0, 0.05) is 23.9 Å². The number of allylic oxidation sites excluding steroid dienone is 4. The average molecular weight is 461 g/mol. The van der Waals surface area contributed by atoms with E-state index in [-0.39, 0.29) is 42.5 Å². The second-order valence-corrected chi connectivity index (χ2v) is 10.9. The predicted molar refractivity (Wildman–Crippen MR) is 120 cm³/mol. The summed E-state index contributed by atoms with van der Waals surface area (Å²) in [6.07, 6.45) is 6.67. The van der Waals surface area contributed by atoms with Crippen LogP contribution in [0.5, 0.6) is 0 Å². The Bertz CT molecular complexity index is 906. The van der Waals surface area contributed by atoms with Crippen molar-refractivity contribution in [1.29, 1.82) is 0 Å². The monoisotopic (exact) mass is 460 g/mol. The normalized spacial score (nSPS) is 43.9. The van der Waals surface area contributed by atoms with Gasteiger partial charge in [-0.15, -0.1) is 0 Å². The number of ketones is 2. The van der Waals surface area contributed by atoms with E-state index >= 15 is 0 Å². The minimum atomic E-state index is -1.46. The van der Waals surface area contributed by atoms with Crippen molar-refractivity contribution >= 4 is 17.5 Å². The van der Waals surface area contributed by atoms with Crippen LogP contribution < -0.4 is 0 Å². The van der Waals surface area contributed by atoms with Crippen LogP contribution >= 0.6 is 0 Å². The second kappa shape index (κ2) is 8.43. The molecule has 7 heteroatoms. The molecule has 0 saturated heterocycles. The third-order valence-electron chi connectivity index (χ3n) is 9.33. The van der Waals surface area contributed by atoms with Gasteiger partial charge in [-0.2, -0.15) is 0 Å². The van der Waals surface area contributed by atoms with Crippen LogP contribution in [-0.2, 0) is 23.9 Å². The number of esters is 1. The zero-order valence-corrected chi connectivity index (χ0v) is 20.0. The fraction of sp³-hybridized carbons (Fsp3) is 0.731. The lowest BCUT2D eigenvalue weighted by molar-refractivity contribution is -0.201. The third kappa shape index (κ3) is 3.46. The first-order valence-electron chi connectivity index (χ1n) is 12.0. The molecule has 3 fully saturated rings. The fourth-order valence-electron chi connectivity index (χ4n) is 7.98. The van der Waals surface area contributed by atoms with Gasteiger partial charge < -0.3 is 19.7 Å². The number of hydrogen-bond donors (Lipinski definition) is 2. The Kier molecular flexibility index (Phi) is 6.21. The van der Waals surface area contributed by atoms with E-state index in [0.717, 1.165) is 12.0 Å². The summed E-state index contributed by atoms with van der Waals surface area (Å²) in [5.74, 6) is -0.829. The Hall–Kier alpha value is -1.83. The van der Waals surface area contributed by atoms with E-state index in [0.29, 0.717) is 19.3 Å². The molecule has 4 rings (SSSR count). The van der Waals surface area contributed by atoms with Crippen molar-refractivity contribution in [3.63, 3.8) is 0 Å². The lowest BCUT2D eigenvalue weighted by Gasteiger charge is -2.61. The summed E-state index contributed by atoms with van der Waals surface area (Å²) >= 11 is 0. The Morgan fingerprint density at radius 3 is 2.67 bits per heavy atom. The molecule has 33 heavy (non-hydrogen) atoms. The molecule has 4 aliphatic carbocycles. The molecule has 0 aromatic heterocycles. The van der Waals surface area contributed by atoms with Crippen molar-refractivity contribution in [1.82, 2.24) is 0 Å². The van der Waals surface area contributed by atoms with Crippen LogP contribution in [0.3, 0.4) is 0 Å². The number of carbonyl (C=O) groups is 3. The lowest BCUT2D eigenvalue weighted by atomic mass is 9.44. The quantitative estimate of drug-likeness (QED) is 0.586. The molecule has 182 valence electrons. The molecule has 8 atom stereocenters. The van der Waals surface area contributed by atoms with Gasteiger partial charge in [0.1, 0.15) is 6.61 Å². The van der Waals surface area contributed by atoms with Gasteiger partial charge in [0.15, 0.2) is 11.4 Å². The van der Waals surface area contributed by atoms with Crippen molar-refractivity contribution in [2.45, 2.75) is 64.6 Å². The van der Waals surface area contributed by atoms with Crippen LogP contribution in [0.25, 0.3) is 0 Å². The number of hydrogen-bond acceptors (Lipinski definition) is 7. The minimum absolute atomic E-state index is 0.0145. The van der Waals surface area contributed by atoms with Crippen LogP contribution in [0.4, 0.5) is 0 Å². The van der Waals surface area contributed by atoms with Crippen molar-refractivity contribution in [3.8, 4) is 0 Å². The molecule has 3 saturated carbocycles. The topological polar surface area (TPSA) is 110 Å². The Labute approximate surface area is 195 Å². The molecule has 0 heterocycles. The fourth-order valence-corrected chi connectivity index (χ4v) is 7.98. The first kappa shape index (κ1) is 24.3. The highest BCUT2D eigenvalue weighted by Gasteiger charge is 2.70. The maximum absolute atomic E-state index is 13.2. The highest BCUT2D eigenvalue weighted by Crippen LogP contribution is 2.68. The van der Waals surface area contributed by atoms with Crippen LogP contribution in [-0.4, -0.2) is 59.8 Å². The predicted octanol–water partition coefficient (Wildman–Crippen LogP) is 2.39. The van der Waals surface area contributed by atoms with E-state index < -0.39 is 40.9 Å². The Morgan fingerprint density at radius 1 is 1.27 bits per heavy atom. The smallest absolute Gasteiger partial charge is 0.309 e.